The van der Waals surface area contributed by atoms with Gasteiger partial charge in [0.1, 0.15) is 11.2 Å². The third-order valence-electron chi connectivity index (χ3n) is 9.40. The summed E-state index contributed by atoms with van der Waals surface area (Å²) >= 11 is 1.90. The van der Waals surface area contributed by atoms with Gasteiger partial charge in [-0.25, -0.2) is 0 Å². The molecule has 0 aliphatic rings. The zero-order chi connectivity index (χ0) is 30.9. The van der Waals surface area contributed by atoms with Crippen molar-refractivity contribution in [1.82, 2.24) is 4.57 Å². The molecule has 0 amide bonds. The normalized spacial score (nSPS) is 11.8. The Morgan fingerprint density at radius 3 is 1.79 bits per heavy atom. The lowest BCUT2D eigenvalue weighted by molar-refractivity contribution is 0.669. The molecule has 0 saturated heterocycles. The van der Waals surface area contributed by atoms with Crippen LogP contribution < -0.4 is 0 Å². The lowest BCUT2D eigenvalue weighted by Gasteiger charge is -2.09. The highest BCUT2D eigenvalue weighted by atomic mass is 32.1. The molecule has 220 valence electrons. The van der Waals surface area contributed by atoms with Crippen molar-refractivity contribution < 1.29 is 4.42 Å². The smallest absolute Gasteiger partial charge is 0.136 e. The molecule has 10 rings (SSSR count). The van der Waals surface area contributed by atoms with Gasteiger partial charge in [0.15, 0.2) is 0 Å². The maximum atomic E-state index is 6.46. The fourth-order valence-electron chi connectivity index (χ4n) is 7.20. The minimum absolute atomic E-state index is 0.907. The van der Waals surface area contributed by atoms with E-state index in [0.29, 0.717) is 0 Å². The van der Waals surface area contributed by atoms with E-state index in [1.54, 1.807) is 0 Å². The van der Waals surface area contributed by atoms with Crippen molar-refractivity contribution in [2.24, 2.45) is 0 Å². The SMILES string of the molecule is c1ccc(-c2ccc3c(c2)oc2cc(-c4cccc(-c5cccc6c5sc5c7ccccc7n(-c7ccccc7)c65)c4)ccc23)cc1. The Kier molecular flexibility index (Phi) is 5.78. The van der Waals surface area contributed by atoms with E-state index in [1.807, 2.05) is 17.4 Å². The van der Waals surface area contributed by atoms with Crippen molar-refractivity contribution in [3.63, 3.8) is 0 Å². The number of rotatable bonds is 4. The average molecular weight is 618 g/mol. The quantitative estimate of drug-likeness (QED) is 0.192. The van der Waals surface area contributed by atoms with Crippen LogP contribution in [0, 0.1) is 0 Å². The fourth-order valence-corrected chi connectivity index (χ4v) is 8.55. The van der Waals surface area contributed by atoms with Crippen molar-refractivity contribution in [3.8, 4) is 39.1 Å². The molecule has 0 radical (unpaired) electrons. The minimum atomic E-state index is 0.907. The van der Waals surface area contributed by atoms with Gasteiger partial charge in [-0.2, -0.15) is 0 Å². The first kappa shape index (κ1) is 26.3. The van der Waals surface area contributed by atoms with Crippen molar-refractivity contribution in [1.29, 1.82) is 0 Å². The van der Waals surface area contributed by atoms with Crippen LogP contribution in [0.5, 0.6) is 0 Å². The van der Waals surface area contributed by atoms with Gasteiger partial charge in [0.05, 0.1) is 15.7 Å². The predicted octanol–water partition coefficient (Wildman–Crippen LogP) is 12.9. The van der Waals surface area contributed by atoms with Crippen molar-refractivity contribution in [2.45, 2.75) is 0 Å². The van der Waals surface area contributed by atoms with Crippen molar-refractivity contribution in [3.05, 3.63) is 164 Å². The zero-order valence-corrected chi connectivity index (χ0v) is 26.2. The molecule has 47 heavy (non-hydrogen) atoms. The summed E-state index contributed by atoms with van der Waals surface area (Å²) in [6.07, 6.45) is 0. The van der Waals surface area contributed by atoms with E-state index in [-0.39, 0.29) is 0 Å². The van der Waals surface area contributed by atoms with E-state index < -0.39 is 0 Å². The molecule has 3 heterocycles. The number of hydrogen-bond donors (Lipinski definition) is 0. The number of nitrogens with zero attached hydrogens (tertiary/aromatic N) is 1. The van der Waals surface area contributed by atoms with Crippen LogP contribution in [-0.4, -0.2) is 4.57 Å². The van der Waals surface area contributed by atoms with Gasteiger partial charge in [-0.1, -0.05) is 115 Å². The highest BCUT2D eigenvalue weighted by molar-refractivity contribution is 7.27. The summed E-state index contributed by atoms with van der Waals surface area (Å²) in [4.78, 5) is 0. The number of para-hydroxylation sites is 2. The summed E-state index contributed by atoms with van der Waals surface area (Å²) in [5.41, 5.74) is 12.7. The molecule has 0 N–H and O–H groups in total. The van der Waals surface area contributed by atoms with Crippen LogP contribution in [-0.2, 0) is 0 Å². The molecular weight excluding hydrogens is 591 g/mol. The Balaban J connectivity index is 1.10. The number of thiophene rings is 1. The molecule has 7 aromatic carbocycles. The van der Waals surface area contributed by atoms with E-state index in [4.69, 9.17) is 4.42 Å². The molecule has 0 aliphatic carbocycles. The van der Waals surface area contributed by atoms with Crippen LogP contribution in [0.15, 0.2) is 168 Å². The molecule has 0 atom stereocenters. The topological polar surface area (TPSA) is 18.1 Å². The second-order valence-corrected chi connectivity index (χ2v) is 13.1. The summed E-state index contributed by atoms with van der Waals surface area (Å²) in [6.45, 7) is 0. The molecule has 0 unspecified atom stereocenters. The first-order valence-corrected chi connectivity index (χ1v) is 16.7. The molecule has 3 aromatic heterocycles. The van der Waals surface area contributed by atoms with E-state index >= 15 is 0 Å². The van der Waals surface area contributed by atoms with E-state index in [2.05, 4.69) is 162 Å². The number of hydrogen-bond acceptors (Lipinski definition) is 2. The molecule has 0 bridgehead atoms. The Labute approximate surface area is 275 Å². The molecular formula is C44H27NOS. The highest BCUT2D eigenvalue weighted by Crippen LogP contribution is 2.46. The molecule has 0 aliphatic heterocycles. The first-order chi connectivity index (χ1) is 23.3. The summed E-state index contributed by atoms with van der Waals surface area (Å²) in [5, 5.41) is 4.86. The van der Waals surface area contributed by atoms with E-state index in [1.165, 1.54) is 59.1 Å². The molecule has 2 nitrogen and oxygen atoms in total. The van der Waals surface area contributed by atoms with Gasteiger partial charge in [-0.3, -0.25) is 0 Å². The highest BCUT2D eigenvalue weighted by Gasteiger charge is 2.19. The summed E-state index contributed by atoms with van der Waals surface area (Å²) in [5.74, 6) is 0. The van der Waals surface area contributed by atoms with Gasteiger partial charge in [0, 0.05) is 31.9 Å². The molecule has 3 heteroatoms. The van der Waals surface area contributed by atoms with E-state index in [9.17, 15) is 0 Å². The van der Waals surface area contributed by atoms with Crippen LogP contribution in [0.1, 0.15) is 0 Å². The number of aromatic nitrogens is 1. The molecule has 10 aromatic rings. The van der Waals surface area contributed by atoms with Gasteiger partial charge in [-0.05, 0) is 81.9 Å². The van der Waals surface area contributed by atoms with Crippen LogP contribution >= 0.6 is 11.3 Å². The Hall–Kier alpha value is -5.90. The third kappa shape index (κ3) is 4.10. The van der Waals surface area contributed by atoms with Crippen molar-refractivity contribution >= 4 is 64.5 Å². The van der Waals surface area contributed by atoms with Crippen molar-refractivity contribution in [2.75, 3.05) is 0 Å². The predicted molar refractivity (Wildman–Crippen MR) is 200 cm³/mol. The standard InChI is InChI=1S/C44H27NOS/c1-3-11-28(12-4-1)30-21-23-35-36-24-22-31(27-41(36)46-40(35)26-30)29-13-9-14-32(25-29)34-18-10-19-38-42-44(47-43(34)38)37-17-7-8-20-39(37)45(42)33-15-5-2-6-16-33/h1-27H. The molecule has 0 fully saturated rings. The average Bonchev–Trinajstić information content (AvgIpc) is 3.80. The van der Waals surface area contributed by atoms with Crippen LogP contribution in [0.2, 0.25) is 0 Å². The Bertz CT molecular complexity index is 2780. The largest absolute Gasteiger partial charge is 0.456 e. The lowest BCUT2D eigenvalue weighted by atomic mass is 9.97. The van der Waals surface area contributed by atoms with Crippen LogP contribution in [0.25, 0.3) is 92.2 Å². The summed E-state index contributed by atoms with van der Waals surface area (Å²) < 4.78 is 11.5. The van der Waals surface area contributed by atoms with Gasteiger partial charge >= 0.3 is 0 Å². The maximum Gasteiger partial charge on any atom is 0.136 e. The second-order valence-electron chi connectivity index (χ2n) is 12.1. The van der Waals surface area contributed by atoms with Gasteiger partial charge in [0.2, 0.25) is 0 Å². The zero-order valence-electron chi connectivity index (χ0n) is 25.4. The van der Waals surface area contributed by atoms with Crippen LogP contribution in [0.3, 0.4) is 0 Å². The van der Waals surface area contributed by atoms with E-state index in [0.717, 1.165) is 33.1 Å². The third-order valence-corrected chi connectivity index (χ3v) is 10.7. The van der Waals surface area contributed by atoms with Crippen LogP contribution in [0.4, 0.5) is 0 Å². The van der Waals surface area contributed by atoms with Gasteiger partial charge < -0.3 is 8.98 Å². The first-order valence-electron chi connectivity index (χ1n) is 15.9. The second kappa shape index (κ2) is 10.3. The Morgan fingerprint density at radius 2 is 1.00 bits per heavy atom. The summed E-state index contributed by atoms with van der Waals surface area (Å²) in [7, 11) is 0. The van der Waals surface area contributed by atoms with Gasteiger partial charge in [0.25, 0.3) is 0 Å². The number of benzene rings is 7. The Morgan fingerprint density at radius 1 is 0.404 bits per heavy atom. The maximum absolute atomic E-state index is 6.46. The summed E-state index contributed by atoms with van der Waals surface area (Å²) in [6, 6.07) is 58.7. The minimum Gasteiger partial charge on any atom is -0.456 e. The van der Waals surface area contributed by atoms with Gasteiger partial charge in [-0.15, -0.1) is 11.3 Å². The number of fused-ring (bicyclic) bond motifs is 8. The fraction of sp³-hybridized carbons (Fsp3) is 0. The lowest BCUT2D eigenvalue weighted by Crippen LogP contribution is -1.92. The molecule has 0 spiro atoms. The molecule has 0 saturated carbocycles. The number of furan rings is 1. The monoisotopic (exact) mass is 617 g/mol.